The molecule has 0 saturated heterocycles. The summed E-state index contributed by atoms with van der Waals surface area (Å²) in [5, 5.41) is 1.74. The molecule has 0 spiro atoms. The average Bonchev–Trinajstić information content (AvgIpc) is 2.12. The van der Waals surface area contributed by atoms with Gasteiger partial charge in [0, 0.05) is 0 Å². The van der Waals surface area contributed by atoms with Crippen molar-refractivity contribution in [2.75, 3.05) is 10.9 Å². The van der Waals surface area contributed by atoms with E-state index in [-0.39, 0.29) is 0 Å². The Kier molecular flexibility index (Phi) is 6.48. The van der Waals surface area contributed by atoms with Crippen LogP contribution in [-0.2, 0) is 0 Å². The monoisotopic (exact) mass is 441 g/mol. The minimum atomic E-state index is -5.75. The van der Waals surface area contributed by atoms with Crippen LogP contribution in [0.4, 0.5) is 43.9 Å². The van der Waals surface area contributed by atoms with Crippen molar-refractivity contribution in [3.05, 3.63) is 0 Å². The molecule has 1 N–H and O–H groups in total. The van der Waals surface area contributed by atoms with Gasteiger partial charge in [-0.05, 0) is 0 Å². The van der Waals surface area contributed by atoms with E-state index in [9.17, 15) is 43.9 Å². The first kappa shape index (κ1) is 19.3. The van der Waals surface area contributed by atoms with E-state index in [4.69, 9.17) is 0 Å². The van der Waals surface area contributed by atoms with E-state index in [1.807, 2.05) is 0 Å². The summed E-state index contributed by atoms with van der Waals surface area (Å²) in [5.41, 5.74) is -1.93. The molecule has 0 rings (SSSR count). The number of hydrogen-bond donors (Lipinski definition) is 1. The van der Waals surface area contributed by atoms with Crippen LogP contribution >= 0.6 is 0 Å². The Bertz CT molecular complexity index is 257. The molecule has 0 aromatic rings. The molecule has 0 bridgehead atoms. The number of halogens is 10. The number of rotatable bonds is 6. The predicted molar refractivity (Wildman–Crippen MR) is 46.4 cm³/mol. The van der Waals surface area contributed by atoms with Crippen molar-refractivity contribution >= 4 is 29.9 Å². The average molecular weight is 439 g/mol. The van der Waals surface area contributed by atoms with Gasteiger partial charge < -0.3 is 0 Å². The fourth-order valence-electron chi connectivity index (χ4n) is 0.489. The Labute approximate surface area is 112 Å². The zero-order valence-electron chi connectivity index (χ0n) is 8.51. The molecule has 0 aliphatic heterocycles. The number of alkyl halides is 10. The molecule has 0 amide bonds. The minimum absolute atomic E-state index is 0.963. The maximum absolute atomic E-state index is 12.3. The summed E-state index contributed by atoms with van der Waals surface area (Å²) >= 11 is -4.65. The first-order valence-corrected chi connectivity index (χ1v) is 8.22. The zero-order chi connectivity index (χ0) is 15.5. The van der Waals surface area contributed by atoms with Crippen LogP contribution in [0.5, 0.6) is 0 Å². The van der Waals surface area contributed by atoms with Crippen LogP contribution in [0.1, 0.15) is 0 Å². The van der Waals surface area contributed by atoms with Crippen molar-refractivity contribution in [1.29, 1.82) is 0 Å². The molecule has 0 fully saturated rings. The Morgan fingerprint density at radius 3 is 1.05 bits per heavy atom. The molecule has 1 nitrogen and oxygen atoms in total. The first-order chi connectivity index (χ1) is 8.21. The van der Waals surface area contributed by atoms with Gasteiger partial charge in [-0.3, -0.25) is 0 Å². The SMILES string of the molecule is FC(F)(F)C(F)(F)[Se]CNC[Se]C(F)(F)C(F)(F)F. The maximum atomic E-state index is 12.3. The van der Waals surface area contributed by atoms with E-state index in [1.165, 1.54) is 0 Å². The molecule has 116 valence electrons. The van der Waals surface area contributed by atoms with Crippen LogP contribution in [0.2, 0.25) is 0 Å². The molecular formula is C6H5F10NSe2. The number of hydrogen-bond acceptors (Lipinski definition) is 1. The molecule has 0 unspecified atom stereocenters. The molecular weight excluding hydrogens is 434 g/mol. The zero-order valence-corrected chi connectivity index (χ0v) is 11.9. The summed E-state index contributed by atoms with van der Waals surface area (Å²) in [4.78, 5) is -9.90. The standard InChI is InChI=1S/C6H5F10NSe2/c7-3(8,9)5(13,14)18-1-17-2-19-6(15,16)4(10,11)12/h17H,1-2H2. The molecule has 0 aromatic heterocycles. The molecule has 0 atom stereocenters. The Balaban J connectivity index is 4.03. The Hall–Kier alpha value is 0.299. The van der Waals surface area contributed by atoms with Gasteiger partial charge in [-0.15, -0.1) is 0 Å². The van der Waals surface area contributed by atoms with Gasteiger partial charge in [0.2, 0.25) is 0 Å². The molecule has 0 aromatic carbocycles. The Morgan fingerprint density at radius 2 is 0.842 bits per heavy atom. The van der Waals surface area contributed by atoms with Crippen LogP contribution < -0.4 is 5.32 Å². The van der Waals surface area contributed by atoms with Gasteiger partial charge in [-0.25, -0.2) is 0 Å². The third-order valence-corrected chi connectivity index (χ3v) is 5.33. The molecule has 0 aliphatic rings. The second-order valence-electron chi connectivity index (χ2n) is 2.86. The summed E-state index contributed by atoms with van der Waals surface area (Å²) in [6.07, 6.45) is -11.5. The van der Waals surface area contributed by atoms with Crippen LogP contribution in [0.3, 0.4) is 0 Å². The van der Waals surface area contributed by atoms with E-state index in [2.05, 4.69) is 0 Å². The van der Waals surface area contributed by atoms with Gasteiger partial charge in [0.25, 0.3) is 0 Å². The normalized spacial score (nSPS) is 14.8. The summed E-state index contributed by atoms with van der Waals surface area (Å²) in [7, 11) is 0. The summed E-state index contributed by atoms with van der Waals surface area (Å²) in [6.45, 7) is 0. The van der Waals surface area contributed by atoms with Gasteiger partial charge in [-0.1, -0.05) is 0 Å². The van der Waals surface area contributed by atoms with Crippen molar-refractivity contribution in [2.24, 2.45) is 0 Å². The van der Waals surface area contributed by atoms with Crippen LogP contribution in [-0.4, -0.2) is 62.8 Å². The fraction of sp³-hybridized carbons (Fsp3) is 1.00. The van der Waals surface area contributed by atoms with Gasteiger partial charge in [0.15, 0.2) is 0 Å². The van der Waals surface area contributed by atoms with Gasteiger partial charge in [0.05, 0.1) is 0 Å². The third kappa shape index (κ3) is 6.07. The van der Waals surface area contributed by atoms with Crippen LogP contribution in [0.25, 0.3) is 0 Å². The topological polar surface area (TPSA) is 12.0 Å². The summed E-state index contributed by atoms with van der Waals surface area (Å²) < 4.78 is 119. The predicted octanol–water partition coefficient (Wildman–Crippen LogP) is 2.21. The van der Waals surface area contributed by atoms with Gasteiger partial charge >= 0.3 is 112 Å². The van der Waals surface area contributed by atoms with E-state index < -0.39 is 62.8 Å². The quantitative estimate of drug-likeness (QED) is 0.381. The molecule has 0 heterocycles. The summed E-state index contributed by atoms with van der Waals surface area (Å²) in [5.74, 6) is 0. The van der Waals surface area contributed by atoms with Crippen LogP contribution in [0, 0.1) is 0 Å². The second kappa shape index (κ2) is 6.38. The van der Waals surface area contributed by atoms with E-state index in [1.54, 1.807) is 5.32 Å². The van der Waals surface area contributed by atoms with Crippen molar-refractivity contribution in [3.8, 4) is 0 Å². The number of nitrogens with one attached hydrogen (secondary N) is 1. The second-order valence-corrected chi connectivity index (χ2v) is 7.43. The van der Waals surface area contributed by atoms with Gasteiger partial charge in [0.1, 0.15) is 0 Å². The van der Waals surface area contributed by atoms with Crippen molar-refractivity contribution in [3.63, 3.8) is 0 Å². The fourth-order valence-corrected chi connectivity index (χ4v) is 3.45. The Morgan fingerprint density at radius 1 is 0.579 bits per heavy atom. The summed E-state index contributed by atoms with van der Waals surface area (Å²) in [6, 6.07) is 0. The van der Waals surface area contributed by atoms with E-state index in [0.29, 0.717) is 0 Å². The van der Waals surface area contributed by atoms with Crippen LogP contribution in [0.15, 0.2) is 0 Å². The molecule has 13 heteroatoms. The molecule has 19 heavy (non-hydrogen) atoms. The molecule has 0 radical (unpaired) electrons. The molecule has 0 saturated carbocycles. The van der Waals surface area contributed by atoms with E-state index in [0.717, 1.165) is 0 Å². The van der Waals surface area contributed by atoms with Gasteiger partial charge in [-0.2, -0.15) is 0 Å². The van der Waals surface area contributed by atoms with Crippen molar-refractivity contribution < 1.29 is 43.9 Å². The molecule has 0 aliphatic carbocycles. The first-order valence-electron chi connectivity index (χ1n) is 4.08. The van der Waals surface area contributed by atoms with E-state index >= 15 is 0 Å². The van der Waals surface area contributed by atoms with Crippen molar-refractivity contribution in [2.45, 2.75) is 22.0 Å². The van der Waals surface area contributed by atoms with Crippen molar-refractivity contribution in [1.82, 2.24) is 5.32 Å². The third-order valence-electron chi connectivity index (χ3n) is 1.37.